The second-order valence-corrected chi connectivity index (χ2v) is 14.0. The Bertz CT molecular complexity index is 1470. The molecule has 9 heteroatoms. The maximum atomic E-state index is 13.9. The highest BCUT2D eigenvalue weighted by Gasteiger charge is 2.38. The lowest BCUT2D eigenvalue weighted by atomic mass is 9.86. The number of methoxy groups -OCH3 is 1. The number of rotatable bonds is 8. The molecule has 0 bridgehead atoms. The summed E-state index contributed by atoms with van der Waals surface area (Å²) in [5.41, 5.74) is 2.39. The predicted molar refractivity (Wildman–Crippen MR) is 161 cm³/mol. The van der Waals surface area contributed by atoms with Crippen LogP contribution in [0.3, 0.4) is 0 Å². The summed E-state index contributed by atoms with van der Waals surface area (Å²) in [5, 5.41) is 2.82. The molecular weight excluding hydrogens is 540 g/mol. The molecular formula is C32H40N2O6S. The zero-order valence-corrected chi connectivity index (χ0v) is 25.7. The van der Waals surface area contributed by atoms with Gasteiger partial charge in [-0.2, -0.15) is 0 Å². The van der Waals surface area contributed by atoms with Crippen LogP contribution in [0.4, 0.5) is 5.69 Å². The van der Waals surface area contributed by atoms with Crippen LogP contribution in [0.1, 0.15) is 52.7 Å². The van der Waals surface area contributed by atoms with Gasteiger partial charge in [0.25, 0.3) is 15.9 Å². The number of anilines is 1. The largest absolute Gasteiger partial charge is 0.497 e. The van der Waals surface area contributed by atoms with Crippen LogP contribution in [0.25, 0.3) is 0 Å². The first kappa shape index (κ1) is 30.2. The van der Waals surface area contributed by atoms with Crippen molar-refractivity contribution in [2.45, 2.75) is 63.4 Å². The van der Waals surface area contributed by atoms with E-state index in [0.29, 0.717) is 22.9 Å². The molecule has 1 amide bonds. The van der Waals surface area contributed by atoms with E-state index in [1.807, 2.05) is 36.4 Å². The normalized spacial score (nSPS) is 15.5. The minimum Gasteiger partial charge on any atom is -0.497 e. The molecule has 1 atom stereocenters. The minimum atomic E-state index is -4.01. The fraction of sp³-hybridized carbons (Fsp3) is 0.406. The second kappa shape index (κ2) is 11.6. The molecule has 0 fully saturated rings. The van der Waals surface area contributed by atoms with Crippen molar-refractivity contribution in [3.05, 3.63) is 77.9 Å². The summed E-state index contributed by atoms with van der Waals surface area (Å²) >= 11 is 0. The molecule has 0 unspecified atom stereocenters. The smallest absolute Gasteiger partial charge is 0.264 e. The Hall–Kier alpha value is -3.72. The number of carbonyl (C=O) groups is 1. The van der Waals surface area contributed by atoms with E-state index in [0.717, 1.165) is 5.56 Å². The van der Waals surface area contributed by atoms with Crippen LogP contribution in [0.2, 0.25) is 0 Å². The van der Waals surface area contributed by atoms with Crippen molar-refractivity contribution in [1.29, 1.82) is 0 Å². The summed E-state index contributed by atoms with van der Waals surface area (Å²) in [5.74, 6) is 1.17. The van der Waals surface area contributed by atoms with Crippen LogP contribution in [0, 0.1) is 0 Å². The molecule has 3 aromatic rings. The summed E-state index contributed by atoms with van der Waals surface area (Å²) in [6.45, 7) is 12.9. The van der Waals surface area contributed by atoms with Crippen molar-refractivity contribution >= 4 is 21.6 Å². The lowest BCUT2D eigenvalue weighted by molar-refractivity contribution is -0.127. The Kier molecular flexibility index (Phi) is 8.59. The van der Waals surface area contributed by atoms with E-state index in [1.54, 1.807) is 18.2 Å². The summed E-state index contributed by atoms with van der Waals surface area (Å²) in [4.78, 5) is 13.3. The highest BCUT2D eigenvalue weighted by Crippen LogP contribution is 2.40. The molecule has 1 aliphatic rings. The summed E-state index contributed by atoms with van der Waals surface area (Å²) < 4.78 is 46.0. The van der Waals surface area contributed by atoms with Gasteiger partial charge in [0.1, 0.15) is 23.9 Å². The van der Waals surface area contributed by atoms with Gasteiger partial charge >= 0.3 is 0 Å². The lowest BCUT2D eigenvalue weighted by Gasteiger charge is -2.36. The molecule has 1 heterocycles. The number of nitrogens with zero attached hydrogens (tertiary/aromatic N) is 1. The van der Waals surface area contributed by atoms with Crippen molar-refractivity contribution < 1.29 is 27.4 Å². The number of nitrogens with one attached hydrogen (secondary N) is 1. The monoisotopic (exact) mass is 580 g/mol. The minimum absolute atomic E-state index is 0.0498. The summed E-state index contributed by atoms with van der Waals surface area (Å²) in [6.07, 6.45) is -1.04. The SMILES string of the molecule is COc1ccc(S(=O)(=O)N2C[C@@H](C(=O)NCCOc3ccc(C(C)(C)C)cc3)Oc3ccc(C(C)(C)C)cc32)cc1. The van der Waals surface area contributed by atoms with E-state index in [2.05, 4.69) is 46.9 Å². The first-order valence-corrected chi connectivity index (χ1v) is 15.1. The predicted octanol–water partition coefficient (Wildman–Crippen LogP) is 5.44. The average molecular weight is 581 g/mol. The zero-order valence-electron chi connectivity index (χ0n) is 24.9. The third kappa shape index (κ3) is 6.96. The molecule has 3 aromatic carbocycles. The van der Waals surface area contributed by atoms with Crippen molar-refractivity contribution in [3.8, 4) is 17.2 Å². The van der Waals surface area contributed by atoms with Gasteiger partial charge in [-0.3, -0.25) is 9.10 Å². The van der Waals surface area contributed by atoms with Crippen molar-refractivity contribution in [2.24, 2.45) is 0 Å². The Balaban J connectivity index is 1.50. The van der Waals surface area contributed by atoms with Crippen molar-refractivity contribution in [2.75, 3.05) is 31.1 Å². The molecule has 0 saturated heterocycles. The number of hydrogen-bond acceptors (Lipinski definition) is 6. The molecule has 220 valence electrons. The van der Waals surface area contributed by atoms with Crippen LogP contribution in [-0.4, -0.2) is 47.2 Å². The average Bonchev–Trinajstić information content (AvgIpc) is 2.93. The van der Waals surface area contributed by atoms with Gasteiger partial charge in [0.15, 0.2) is 6.10 Å². The quantitative estimate of drug-likeness (QED) is 0.357. The first-order chi connectivity index (χ1) is 19.2. The standard InChI is InChI=1S/C32H40N2O6S/c1-31(2,3)22-8-11-25(12-9-22)39-19-18-33-30(35)29-21-34(41(36,37)26-15-13-24(38-7)14-16-26)27-20-23(32(4,5)6)10-17-28(27)40-29/h8-17,20,29H,18-19,21H2,1-7H3,(H,33,35)/t29-/m0/s1. The number of amides is 1. The molecule has 0 aromatic heterocycles. The number of sulfonamides is 1. The van der Waals surface area contributed by atoms with E-state index in [9.17, 15) is 13.2 Å². The maximum absolute atomic E-state index is 13.9. The van der Waals surface area contributed by atoms with Gasteiger partial charge in [-0.05, 0) is 70.5 Å². The number of benzene rings is 3. The van der Waals surface area contributed by atoms with Gasteiger partial charge in [-0.15, -0.1) is 0 Å². The van der Waals surface area contributed by atoms with Crippen LogP contribution in [0.5, 0.6) is 17.2 Å². The molecule has 0 aliphatic carbocycles. The molecule has 41 heavy (non-hydrogen) atoms. The Labute approximate surface area is 243 Å². The highest BCUT2D eigenvalue weighted by molar-refractivity contribution is 7.92. The number of hydrogen-bond donors (Lipinski definition) is 1. The fourth-order valence-electron chi connectivity index (χ4n) is 4.47. The molecule has 1 N–H and O–H groups in total. The van der Waals surface area contributed by atoms with Gasteiger partial charge in [0.05, 0.1) is 30.8 Å². The molecule has 4 rings (SSSR count). The fourth-order valence-corrected chi connectivity index (χ4v) is 5.93. The number of ether oxygens (including phenoxy) is 3. The Morgan fingerprint density at radius 2 is 1.49 bits per heavy atom. The summed E-state index contributed by atoms with van der Waals surface area (Å²) in [7, 11) is -2.49. The molecule has 0 radical (unpaired) electrons. The van der Waals surface area contributed by atoms with E-state index in [1.165, 1.54) is 29.1 Å². The zero-order chi connectivity index (χ0) is 30.0. The molecule has 0 spiro atoms. The first-order valence-electron chi connectivity index (χ1n) is 13.7. The Morgan fingerprint density at radius 3 is 2.07 bits per heavy atom. The highest BCUT2D eigenvalue weighted by atomic mass is 32.2. The van der Waals surface area contributed by atoms with Gasteiger partial charge in [0, 0.05) is 0 Å². The Morgan fingerprint density at radius 1 is 0.902 bits per heavy atom. The third-order valence-electron chi connectivity index (χ3n) is 7.02. The number of fused-ring (bicyclic) bond motifs is 1. The van der Waals surface area contributed by atoms with E-state index >= 15 is 0 Å². The molecule has 1 aliphatic heterocycles. The van der Waals surface area contributed by atoms with Gasteiger partial charge < -0.3 is 19.5 Å². The topological polar surface area (TPSA) is 94.2 Å². The number of carbonyl (C=O) groups excluding carboxylic acids is 1. The second-order valence-electron chi connectivity index (χ2n) is 12.2. The van der Waals surface area contributed by atoms with Crippen molar-refractivity contribution in [1.82, 2.24) is 5.32 Å². The maximum Gasteiger partial charge on any atom is 0.264 e. The van der Waals surface area contributed by atoms with Crippen molar-refractivity contribution in [3.63, 3.8) is 0 Å². The van der Waals surface area contributed by atoms with Crippen LogP contribution < -0.4 is 23.8 Å². The van der Waals surface area contributed by atoms with E-state index < -0.39 is 22.0 Å². The van der Waals surface area contributed by atoms with E-state index in [4.69, 9.17) is 14.2 Å². The van der Waals surface area contributed by atoms with Crippen LogP contribution in [-0.2, 0) is 25.6 Å². The summed E-state index contributed by atoms with van der Waals surface area (Å²) in [6, 6.07) is 19.5. The van der Waals surface area contributed by atoms with Crippen LogP contribution >= 0.6 is 0 Å². The van der Waals surface area contributed by atoms with Gasteiger partial charge in [-0.1, -0.05) is 59.7 Å². The molecule has 0 saturated carbocycles. The van der Waals surface area contributed by atoms with E-state index in [-0.39, 0.29) is 35.4 Å². The van der Waals surface area contributed by atoms with Gasteiger partial charge in [-0.25, -0.2) is 8.42 Å². The van der Waals surface area contributed by atoms with Crippen LogP contribution in [0.15, 0.2) is 71.6 Å². The molecule has 8 nitrogen and oxygen atoms in total. The lowest BCUT2D eigenvalue weighted by Crippen LogP contribution is -2.51. The third-order valence-corrected chi connectivity index (χ3v) is 8.82. The van der Waals surface area contributed by atoms with Gasteiger partial charge in [0.2, 0.25) is 0 Å².